The van der Waals surface area contributed by atoms with Crippen LogP contribution in [0, 0.1) is 5.92 Å². The molecule has 0 unspecified atom stereocenters. The number of thiophene rings is 1. The summed E-state index contributed by atoms with van der Waals surface area (Å²) in [6.45, 7) is 1.49. The zero-order valence-electron chi connectivity index (χ0n) is 17.6. The van der Waals surface area contributed by atoms with Gasteiger partial charge in [0.25, 0.3) is 10.0 Å². The minimum absolute atomic E-state index is 0.105. The van der Waals surface area contributed by atoms with Crippen molar-refractivity contribution < 1.29 is 21.6 Å². The number of amides is 1. The molecule has 11 heteroatoms. The van der Waals surface area contributed by atoms with E-state index < -0.39 is 20.0 Å². The number of nitrogens with one attached hydrogen (secondary N) is 1. The summed E-state index contributed by atoms with van der Waals surface area (Å²) in [5.41, 5.74) is 0.275. The first-order valence-electron chi connectivity index (χ1n) is 10.7. The molecule has 0 spiro atoms. The maximum atomic E-state index is 13.1. The highest BCUT2D eigenvalue weighted by atomic mass is 32.2. The van der Waals surface area contributed by atoms with Gasteiger partial charge in [0.05, 0.1) is 5.69 Å². The van der Waals surface area contributed by atoms with E-state index in [1.807, 2.05) is 0 Å². The Bertz CT molecular complexity index is 1150. The van der Waals surface area contributed by atoms with Crippen molar-refractivity contribution in [2.24, 2.45) is 5.92 Å². The Morgan fingerprint density at radius 3 is 2.16 bits per heavy atom. The lowest BCUT2D eigenvalue weighted by molar-refractivity contribution is -0.120. The summed E-state index contributed by atoms with van der Waals surface area (Å²) < 4.78 is 54.8. The minimum Gasteiger partial charge on any atom is -0.325 e. The third-order valence-electron chi connectivity index (χ3n) is 5.99. The van der Waals surface area contributed by atoms with Crippen LogP contribution >= 0.6 is 11.3 Å². The zero-order chi connectivity index (χ0) is 22.8. The maximum absolute atomic E-state index is 13.1. The number of para-hydroxylation sites is 1. The van der Waals surface area contributed by atoms with Crippen LogP contribution in [0.2, 0.25) is 0 Å². The van der Waals surface area contributed by atoms with Crippen LogP contribution in [0.5, 0.6) is 0 Å². The lowest BCUT2D eigenvalue weighted by atomic mass is 9.97. The first-order valence-corrected chi connectivity index (χ1v) is 14.5. The second-order valence-electron chi connectivity index (χ2n) is 8.06. The summed E-state index contributed by atoms with van der Waals surface area (Å²) in [7, 11) is -7.22. The van der Waals surface area contributed by atoms with E-state index in [1.54, 1.807) is 35.7 Å². The lowest BCUT2D eigenvalue weighted by Gasteiger charge is -2.30. The fourth-order valence-electron chi connectivity index (χ4n) is 4.17. The average molecular weight is 498 g/mol. The molecular formula is C21H27N3O5S3. The fourth-order valence-corrected chi connectivity index (χ4v) is 8.45. The zero-order valence-corrected chi connectivity index (χ0v) is 20.1. The van der Waals surface area contributed by atoms with E-state index in [1.165, 1.54) is 26.0 Å². The molecule has 0 saturated carbocycles. The molecule has 2 saturated heterocycles. The number of benzene rings is 1. The van der Waals surface area contributed by atoms with Crippen LogP contribution in [0.4, 0.5) is 5.69 Å². The van der Waals surface area contributed by atoms with E-state index in [4.69, 9.17) is 0 Å². The maximum Gasteiger partial charge on any atom is 0.252 e. The highest BCUT2D eigenvalue weighted by Crippen LogP contribution is 2.30. The van der Waals surface area contributed by atoms with E-state index >= 15 is 0 Å². The Balaban J connectivity index is 1.43. The van der Waals surface area contributed by atoms with Crippen molar-refractivity contribution in [2.45, 2.75) is 41.2 Å². The van der Waals surface area contributed by atoms with Crippen LogP contribution in [0.3, 0.4) is 0 Å². The predicted molar refractivity (Wildman–Crippen MR) is 123 cm³/mol. The summed E-state index contributed by atoms with van der Waals surface area (Å²) in [6, 6.07) is 9.76. The fraction of sp³-hybridized carbons (Fsp3) is 0.476. The van der Waals surface area contributed by atoms with Crippen LogP contribution in [0.25, 0.3) is 0 Å². The van der Waals surface area contributed by atoms with Gasteiger partial charge in [-0.15, -0.1) is 11.3 Å². The molecule has 0 aliphatic carbocycles. The van der Waals surface area contributed by atoms with Crippen molar-refractivity contribution in [2.75, 3.05) is 31.5 Å². The van der Waals surface area contributed by atoms with Gasteiger partial charge in [0.15, 0.2) is 0 Å². The van der Waals surface area contributed by atoms with E-state index in [0.29, 0.717) is 30.1 Å². The molecule has 4 rings (SSSR count). The number of anilines is 1. The Morgan fingerprint density at radius 2 is 1.50 bits per heavy atom. The molecule has 0 bridgehead atoms. The van der Waals surface area contributed by atoms with E-state index in [0.717, 1.165) is 19.3 Å². The van der Waals surface area contributed by atoms with Crippen molar-refractivity contribution in [3.63, 3.8) is 0 Å². The van der Waals surface area contributed by atoms with Crippen LogP contribution in [-0.2, 0) is 24.8 Å². The van der Waals surface area contributed by atoms with Gasteiger partial charge in [-0.25, -0.2) is 16.8 Å². The van der Waals surface area contributed by atoms with Gasteiger partial charge in [0, 0.05) is 32.1 Å². The first-order chi connectivity index (χ1) is 15.3. The van der Waals surface area contributed by atoms with Crippen molar-refractivity contribution in [3.8, 4) is 0 Å². The molecular weight excluding hydrogens is 470 g/mol. The quantitative estimate of drug-likeness (QED) is 0.661. The summed E-state index contributed by atoms with van der Waals surface area (Å²) >= 11 is 1.18. The number of piperidine rings is 2. The largest absolute Gasteiger partial charge is 0.325 e. The van der Waals surface area contributed by atoms with Gasteiger partial charge in [-0.05, 0) is 49.3 Å². The molecule has 2 aliphatic heterocycles. The third-order valence-corrected chi connectivity index (χ3v) is 11.2. The molecule has 2 fully saturated rings. The Morgan fingerprint density at radius 1 is 0.844 bits per heavy atom. The second-order valence-corrected chi connectivity index (χ2v) is 13.1. The van der Waals surface area contributed by atoms with E-state index in [2.05, 4.69) is 5.32 Å². The van der Waals surface area contributed by atoms with Gasteiger partial charge in [-0.2, -0.15) is 8.61 Å². The number of carbonyl (C=O) groups excluding carboxylic acids is 1. The predicted octanol–water partition coefficient (Wildman–Crippen LogP) is 2.96. The van der Waals surface area contributed by atoms with Crippen molar-refractivity contribution >= 4 is 43.0 Å². The van der Waals surface area contributed by atoms with Crippen LogP contribution in [0.15, 0.2) is 50.9 Å². The number of hydrogen-bond donors (Lipinski definition) is 1. The van der Waals surface area contributed by atoms with Crippen molar-refractivity contribution in [3.05, 3.63) is 41.8 Å². The monoisotopic (exact) mass is 497 g/mol. The van der Waals surface area contributed by atoms with Crippen LogP contribution in [-0.4, -0.2) is 57.5 Å². The molecule has 8 nitrogen and oxygen atoms in total. The summed E-state index contributed by atoms with van der Waals surface area (Å²) in [5.74, 6) is -0.657. The molecule has 1 aromatic heterocycles. The normalized spacial score (nSPS) is 19.6. The van der Waals surface area contributed by atoms with Crippen molar-refractivity contribution in [1.82, 2.24) is 8.61 Å². The molecule has 0 atom stereocenters. The van der Waals surface area contributed by atoms with Gasteiger partial charge >= 0.3 is 0 Å². The number of hydrogen-bond acceptors (Lipinski definition) is 6. The minimum atomic E-state index is -3.69. The SMILES string of the molecule is O=C(Nc1ccccc1S(=O)(=O)N1CCCCC1)C1CCN(S(=O)(=O)c2cccs2)CC1. The topological polar surface area (TPSA) is 104 Å². The molecule has 1 amide bonds. The number of nitrogens with zero attached hydrogens (tertiary/aromatic N) is 2. The van der Waals surface area contributed by atoms with E-state index in [-0.39, 0.29) is 35.5 Å². The molecule has 0 radical (unpaired) electrons. The van der Waals surface area contributed by atoms with Crippen LogP contribution in [0.1, 0.15) is 32.1 Å². The molecule has 1 aromatic carbocycles. The van der Waals surface area contributed by atoms with Gasteiger partial charge in [-0.3, -0.25) is 4.79 Å². The number of carbonyl (C=O) groups is 1. The molecule has 2 aliphatic rings. The first kappa shape index (κ1) is 23.4. The Kier molecular flexibility index (Phi) is 7.01. The van der Waals surface area contributed by atoms with Gasteiger partial charge in [-0.1, -0.05) is 24.6 Å². The van der Waals surface area contributed by atoms with Gasteiger partial charge in [0.2, 0.25) is 15.9 Å². The standard InChI is InChI=1S/C21H27N3O5S3/c25-21(17-10-14-24(15-11-17)32(28,29)20-9-6-16-30-20)22-18-7-2-3-8-19(18)31(26,27)23-12-4-1-5-13-23/h2-3,6-9,16-17H,1,4-5,10-15H2,(H,22,25). The lowest BCUT2D eigenvalue weighted by Crippen LogP contribution is -2.41. The smallest absolute Gasteiger partial charge is 0.252 e. The molecule has 3 heterocycles. The molecule has 174 valence electrons. The average Bonchev–Trinajstić information content (AvgIpc) is 3.36. The summed E-state index contributed by atoms with van der Waals surface area (Å²) in [5, 5.41) is 4.52. The molecule has 1 N–H and O–H groups in total. The molecule has 2 aromatic rings. The number of rotatable bonds is 6. The summed E-state index contributed by atoms with van der Waals surface area (Å²) in [4.78, 5) is 13.0. The van der Waals surface area contributed by atoms with Gasteiger partial charge < -0.3 is 5.32 Å². The highest BCUT2D eigenvalue weighted by molar-refractivity contribution is 7.91. The van der Waals surface area contributed by atoms with Crippen molar-refractivity contribution in [1.29, 1.82) is 0 Å². The third kappa shape index (κ3) is 4.76. The molecule has 32 heavy (non-hydrogen) atoms. The van der Waals surface area contributed by atoms with E-state index in [9.17, 15) is 21.6 Å². The van der Waals surface area contributed by atoms with Gasteiger partial charge in [0.1, 0.15) is 9.10 Å². The highest BCUT2D eigenvalue weighted by Gasteiger charge is 2.34. The Labute approximate surface area is 193 Å². The Hall–Kier alpha value is -1.79. The number of sulfonamides is 2. The van der Waals surface area contributed by atoms with Crippen LogP contribution < -0.4 is 5.32 Å². The summed E-state index contributed by atoms with van der Waals surface area (Å²) in [6.07, 6.45) is 3.46. The second kappa shape index (κ2) is 9.60.